The highest BCUT2D eigenvalue weighted by Gasteiger charge is 2.23. The molecule has 0 aliphatic carbocycles. The number of aromatic nitrogens is 2. The highest BCUT2D eigenvalue weighted by Crippen LogP contribution is 2.25. The summed E-state index contributed by atoms with van der Waals surface area (Å²) in [6.07, 6.45) is 4.60. The first-order valence-electron chi connectivity index (χ1n) is 34.1. The van der Waals surface area contributed by atoms with Crippen LogP contribution >= 0.6 is 0 Å². The molecule has 24 heteroatoms. The molecule has 0 radical (unpaired) electrons. The van der Waals surface area contributed by atoms with E-state index in [0.29, 0.717) is 39.3 Å². The normalized spacial score (nSPS) is 18.6. The molecule has 0 amide bonds. The van der Waals surface area contributed by atoms with Crippen molar-refractivity contribution in [2.45, 2.75) is 56.0 Å². The largest absolute Gasteiger partial charge is 0.508 e. The highest BCUT2D eigenvalue weighted by atomic mass is 16.5. The molecule has 6 atom stereocenters. The summed E-state index contributed by atoms with van der Waals surface area (Å²) in [5, 5.41) is 127. The number of likely N-dealkylation sites (tertiary alicyclic amines) is 1. The Morgan fingerprint density at radius 3 is 0.939 bits per heavy atom. The summed E-state index contributed by atoms with van der Waals surface area (Å²) in [4.78, 5) is 19.6. The van der Waals surface area contributed by atoms with Gasteiger partial charge in [-0.3, -0.25) is 24.5 Å². The Hall–Kier alpha value is -7.31. The number of β-amino-alcohol motifs (C(OH)–C–C–N with tert-alkyl or cyclic N) is 6. The number of hydrogen-bond donors (Lipinski definition) is 14. The Labute approximate surface area is 576 Å². The van der Waals surface area contributed by atoms with Crippen LogP contribution in [0.3, 0.4) is 0 Å². The molecule has 5 aliphatic heterocycles. The first-order chi connectivity index (χ1) is 47.3. The number of aliphatic hydroxyl groups excluding tert-OH is 7. The molecule has 14 N–H and O–H groups in total. The summed E-state index contributed by atoms with van der Waals surface area (Å²) < 4.78 is 7.05. The van der Waals surface area contributed by atoms with E-state index in [9.17, 15) is 40.9 Å². The summed E-state index contributed by atoms with van der Waals surface area (Å²) in [5.41, 5.74) is 5.04. The Kier molecular flexibility index (Phi) is 33.9. The molecule has 98 heavy (non-hydrogen) atoms. The van der Waals surface area contributed by atoms with Gasteiger partial charge >= 0.3 is 0 Å². The molecule has 5 fully saturated rings. The van der Waals surface area contributed by atoms with E-state index in [0.717, 1.165) is 158 Å². The lowest BCUT2D eigenvalue weighted by Crippen LogP contribution is -2.48. The number of aliphatic hydroxyl groups is 7. The number of rotatable bonds is 20. The number of phenolic OH excluding ortho intramolecular Hbond substituents is 6. The third kappa shape index (κ3) is 28.9. The second-order valence-electron chi connectivity index (χ2n) is 25.3. The maximum atomic E-state index is 10.2. The number of nitrogens with zero attached hydrogens (tertiary/aromatic N) is 9. The second-order valence-corrected chi connectivity index (χ2v) is 25.3. The molecule has 24 nitrogen and oxygen atoms in total. The summed E-state index contributed by atoms with van der Waals surface area (Å²) in [6, 6.07) is 40.2. The fraction of sp³-hybridized carbons (Fsp3) is 0.473. The van der Waals surface area contributed by atoms with Crippen molar-refractivity contribution < 1.29 is 71.1 Å². The minimum absolute atomic E-state index is 0.202. The summed E-state index contributed by atoms with van der Waals surface area (Å²) in [6.45, 7) is 21.8. The number of piperazine rings is 3. The Morgan fingerprint density at radius 2 is 0.633 bits per heavy atom. The van der Waals surface area contributed by atoms with Gasteiger partial charge in [0.2, 0.25) is 0 Å². The van der Waals surface area contributed by atoms with Gasteiger partial charge in [0, 0.05) is 143 Å². The number of ether oxygens (including phenoxy) is 1. The van der Waals surface area contributed by atoms with Crippen LogP contribution in [-0.2, 0) is 11.3 Å². The van der Waals surface area contributed by atoms with E-state index < -0.39 is 36.6 Å². The molecule has 0 spiro atoms. The van der Waals surface area contributed by atoms with Gasteiger partial charge in [-0.1, -0.05) is 72.8 Å². The molecule has 6 aromatic carbocycles. The number of hydrogen-bond acceptors (Lipinski definition) is 23. The third-order valence-electron chi connectivity index (χ3n) is 17.8. The first kappa shape index (κ1) is 78.0. The second kappa shape index (κ2) is 42.6. The van der Waals surface area contributed by atoms with E-state index in [4.69, 9.17) is 30.3 Å². The predicted octanol–water partition coefficient (Wildman–Crippen LogP) is 4.64. The monoisotopic (exact) mass is 1360 g/mol. The van der Waals surface area contributed by atoms with Gasteiger partial charge in [-0.25, -0.2) is 4.98 Å². The maximum absolute atomic E-state index is 10.2. The molecule has 6 heterocycles. The van der Waals surface area contributed by atoms with E-state index in [-0.39, 0.29) is 41.1 Å². The minimum Gasteiger partial charge on any atom is -0.508 e. The average Bonchev–Trinajstić information content (AvgIpc) is 1.40. The number of nitrogens with one attached hydrogen (secondary N) is 1. The van der Waals surface area contributed by atoms with Crippen molar-refractivity contribution in [1.82, 2.24) is 49.2 Å². The van der Waals surface area contributed by atoms with Gasteiger partial charge in [0.05, 0.1) is 69.3 Å². The molecule has 536 valence electrons. The van der Waals surface area contributed by atoms with Crippen LogP contribution in [0.2, 0.25) is 0 Å². The molecule has 0 saturated carbocycles. The van der Waals surface area contributed by atoms with Crippen LogP contribution in [0.5, 0.6) is 34.5 Å². The van der Waals surface area contributed by atoms with Gasteiger partial charge in [-0.05, 0) is 139 Å². The molecule has 6 unspecified atom stereocenters. The van der Waals surface area contributed by atoms with Crippen molar-refractivity contribution >= 4 is 0 Å². The number of morpholine rings is 1. The van der Waals surface area contributed by atoms with Crippen molar-refractivity contribution in [3.63, 3.8) is 0 Å². The zero-order chi connectivity index (χ0) is 70.0. The van der Waals surface area contributed by atoms with Crippen molar-refractivity contribution in [2.24, 2.45) is 0 Å². The van der Waals surface area contributed by atoms with Gasteiger partial charge in [-0.2, -0.15) is 0 Å². The number of aromatic hydroxyl groups is 6. The number of benzene rings is 6. The molecule has 1 aromatic heterocycles. The van der Waals surface area contributed by atoms with Crippen molar-refractivity contribution in [2.75, 3.05) is 171 Å². The van der Waals surface area contributed by atoms with Crippen LogP contribution in [0.25, 0.3) is 0 Å². The van der Waals surface area contributed by atoms with Crippen LogP contribution in [0.1, 0.15) is 82.8 Å². The third-order valence-corrected chi connectivity index (χ3v) is 17.8. The molecule has 7 aromatic rings. The van der Waals surface area contributed by atoms with E-state index >= 15 is 0 Å². The van der Waals surface area contributed by atoms with Crippen molar-refractivity contribution in [1.29, 1.82) is 0 Å². The molecule has 12 rings (SSSR count). The van der Waals surface area contributed by atoms with E-state index in [1.54, 1.807) is 169 Å². The standard InChI is InChI=1S/C14H22N2O3.C13H20N2O2.C12H18N2O2.C12H17NO3.C12H17NO2.C11H12N2O2/c17-10-9-15-5-7-16(8-6-15)11-14(19)12-1-3-13(18)4-2-12;1-14-6-8-15(9-7-14)10-13(17)11-2-4-12(16)5-3-11;15-11-3-1-10(2-4-11)12(16)9-14-7-5-13-6-8-14;14-11-3-1-10(2-4-11)12(15)9-13-5-7-16-8-6-13;14-11-5-3-10(4-6-11)12(15)9-13-7-1-2-8-13;14-10-3-1-9(2-4-10)11(15)7-13-6-5-12-8-13/h1-4,14,17-19H,5-11H2;2-5,13,16-17H,6-10H2,1H3;1-4,12-13,15-16H,5-9H2;1-4,12,14-15H,5-9H2;3-6,12,14-15H,1-2,7-9H2;1-6,8,11,14-15H,7H2. The van der Waals surface area contributed by atoms with E-state index in [1.165, 1.54) is 12.8 Å². The van der Waals surface area contributed by atoms with Crippen LogP contribution in [0, 0.1) is 0 Å². The maximum Gasteiger partial charge on any atom is 0.115 e. The number of phenols is 6. The van der Waals surface area contributed by atoms with Crippen LogP contribution in [0.15, 0.2) is 164 Å². The lowest BCUT2D eigenvalue weighted by Gasteiger charge is -2.35. The van der Waals surface area contributed by atoms with Crippen molar-refractivity contribution in [3.05, 3.63) is 198 Å². The zero-order valence-electron chi connectivity index (χ0n) is 56.6. The lowest BCUT2D eigenvalue weighted by atomic mass is 10.1. The summed E-state index contributed by atoms with van der Waals surface area (Å²) in [7, 11) is 2.12. The SMILES string of the molecule is CN1CCN(CC(O)c2ccc(O)cc2)CC1.OCCN1CCN(CC(O)c2ccc(O)cc2)CC1.Oc1ccc(C(O)CN2CCCC2)cc1.Oc1ccc(C(O)CN2CCNCC2)cc1.Oc1ccc(C(O)CN2CCOCC2)cc1.Oc1ccc(C(O)Cn2ccnc2)cc1. The zero-order valence-corrected chi connectivity index (χ0v) is 56.6. The Bertz CT molecular complexity index is 3120. The lowest BCUT2D eigenvalue weighted by molar-refractivity contribution is 0.0143. The first-order valence-corrected chi connectivity index (χ1v) is 34.1. The summed E-state index contributed by atoms with van der Waals surface area (Å²) >= 11 is 0. The predicted molar refractivity (Wildman–Crippen MR) is 377 cm³/mol. The Morgan fingerprint density at radius 1 is 0.357 bits per heavy atom. The van der Waals surface area contributed by atoms with Crippen LogP contribution in [0.4, 0.5) is 0 Å². The average molecular weight is 1360 g/mol. The van der Waals surface area contributed by atoms with Gasteiger partial charge in [0.25, 0.3) is 0 Å². The minimum atomic E-state index is -0.584. The fourth-order valence-corrected chi connectivity index (χ4v) is 11.6. The highest BCUT2D eigenvalue weighted by molar-refractivity contribution is 5.31. The van der Waals surface area contributed by atoms with Gasteiger partial charge in [0.15, 0.2) is 0 Å². The quantitative estimate of drug-likeness (QED) is 0.0494. The molecule has 5 aliphatic rings. The van der Waals surface area contributed by atoms with Crippen molar-refractivity contribution in [3.8, 4) is 34.5 Å². The Balaban J connectivity index is 0.000000166. The van der Waals surface area contributed by atoms with Crippen LogP contribution < -0.4 is 5.32 Å². The molecular weight excluding hydrogens is 1250 g/mol. The van der Waals surface area contributed by atoms with Gasteiger partial charge in [-0.15, -0.1) is 0 Å². The van der Waals surface area contributed by atoms with E-state index in [2.05, 4.69) is 51.6 Å². The topological polar surface area (TPSA) is 325 Å². The molecular formula is C74H106N10O14. The number of likely N-dealkylation sites (N-methyl/N-ethyl adjacent to an activating group) is 1. The van der Waals surface area contributed by atoms with Crippen LogP contribution in [-0.4, -0.2) is 281 Å². The smallest absolute Gasteiger partial charge is 0.115 e. The number of imidazole rings is 1. The summed E-state index contributed by atoms with van der Waals surface area (Å²) in [5.74, 6) is 1.36. The molecule has 0 bridgehead atoms. The van der Waals surface area contributed by atoms with Gasteiger partial charge in [0.1, 0.15) is 34.5 Å². The fourth-order valence-electron chi connectivity index (χ4n) is 11.6. The molecule has 5 saturated heterocycles. The van der Waals surface area contributed by atoms with E-state index in [1.807, 2.05) is 0 Å². The van der Waals surface area contributed by atoms with Gasteiger partial charge < -0.3 is 90.8 Å².